The van der Waals surface area contributed by atoms with E-state index in [-0.39, 0.29) is 0 Å². The van der Waals surface area contributed by atoms with E-state index in [1.165, 1.54) is 11.9 Å². The van der Waals surface area contributed by atoms with Crippen molar-refractivity contribution >= 4 is 18.2 Å². The van der Waals surface area contributed by atoms with E-state index >= 15 is 0 Å². The molecule has 2 heteroatoms. The van der Waals surface area contributed by atoms with Gasteiger partial charge in [-0.1, -0.05) is 6.58 Å². The van der Waals surface area contributed by atoms with Gasteiger partial charge in [-0.25, -0.2) is 4.40 Å². The van der Waals surface area contributed by atoms with Crippen LogP contribution in [-0.2, 0) is 0 Å². The van der Waals surface area contributed by atoms with Gasteiger partial charge in [0, 0.05) is 12.5 Å². The molecule has 0 aliphatic rings. The molecule has 0 radical (unpaired) electrons. The number of hydrogen-bond donors (Lipinski definition) is 0. The molecule has 7 heavy (non-hydrogen) atoms. The quantitative estimate of drug-likeness (QED) is 0.395. The second kappa shape index (κ2) is 3.93. The summed E-state index contributed by atoms with van der Waals surface area (Å²) in [6.45, 7) is 5.55. The number of nitrogens with zero attached hydrogens (tertiary/aromatic N) is 1. The molecule has 0 aromatic rings. The zero-order chi connectivity index (χ0) is 5.70. The van der Waals surface area contributed by atoms with Crippen molar-refractivity contribution in [2.75, 3.05) is 6.26 Å². The molecule has 0 heterocycles. The van der Waals surface area contributed by atoms with Crippen LogP contribution in [0.1, 0.15) is 6.92 Å². The van der Waals surface area contributed by atoms with E-state index in [0.29, 0.717) is 0 Å². The summed E-state index contributed by atoms with van der Waals surface area (Å²) < 4.78 is 3.86. The van der Waals surface area contributed by atoms with Crippen molar-refractivity contribution in [3.05, 3.63) is 12.2 Å². The van der Waals surface area contributed by atoms with Crippen LogP contribution >= 0.6 is 11.9 Å². The summed E-state index contributed by atoms with van der Waals surface area (Å²) in [6.07, 6.45) is 3.66. The number of rotatable bonds is 2. The first kappa shape index (κ1) is 6.76. The Morgan fingerprint density at radius 2 is 2.43 bits per heavy atom. The molecule has 0 N–H and O–H groups in total. The van der Waals surface area contributed by atoms with Crippen molar-refractivity contribution in [2.45, 2.75) is 6.92 Å². The molecule has 0 atom stereocenters. The lowest BCUT2D eigenvalue weighted by molar-refractivity contribution is 1.66. The van der Waals surface area contributed by atoms with Gasteiger partial charge >= 0.3 is 0 Å². The van der Waals surface area contributed by atoms with Crippen LogP contribution in [0.25, 0.3) is 0 Å². The summed E-state index contributed by atoms with van der Waals surface area (Å²) in [5.74, 6) is 0. The smallest absolute Gasteiger partial charge is 0.0374 e. The predicted octanol–water partition coefficient (Wildman–Crippen LogP) is 1.91. The van der Waals surface area contributed by atoms with Crippen LogP contribution in [-0.4, -0.2) is 12.5 Å². The van der Waals surface area contributed by atoms with Gasteiger partial charge in [0.25, 0.3) is 0 Å². The van der Waals surface area contributed by atoms with Crippen LogP contribution in [0.15, 0.2) is 16.5 Å². The topological polar surface area (TPSA) is 12.4 Å². The van der Waals surface area contributed by atoms with Crippen LogP contribution in [0.3, 0.4) is 0 Å². The summed E-state index contributed by atoms with van der Waals surface area (Å²) in [5.41, 5.74) is 0.995. The third-order valence-electron chi connectivity index (χ3n) is 0.379. The van der Waals surface area contributed by atoms with Crippen LogP contribution < -0.4 is 0 Å². The van der Waals surface area contributed by atoms with Gasteiger partial charge in [-0.3, -0.25) is 0 Å². The van der Waals surface area contributed by atoms with Crippen molar-refractivity contribution in [1.29, 1.82) is 0 Å². The molecule has 0 bridgehead atoms. The molecule has 0 rings (SSSR count). The second-order valence-corrected chi connectivity index (χ2v) is 1.84. The average Bonchev–Trinajstić information content (AvgIpc) is 1.61. The molecule has 0 aliphatic carbocycles. The van der Waals surface area contributed by atoms with Gasteiger partial charge in [0.2, 0.25) is 0 Å². The maximum absolute atomic E-state index is 3.86. The lowest BCUT2D eigenvalue weighted by Gasteiger charge is -1.79. The van der Waals surface area contributed by atoms with Crippen LogP contribution in [0.4, 0.5) is 0 Å². The fourth-order valence-corrected chi connectivity index (χ4v) is 0.428. The average molecular weight is 115 g/mol. The molecule has 0 aromatic carbocycles. The zero-order valence-electron chi connectivity index (χ0n) is 4.64. The van der Waals surface area contributed by atoms with Crippen molar-refractivity contribution in [2.24, 2.45) is 4.40 Å². The Bertz CT molecular complexity index is 86.1. The minimum Gasteiger partial charge on any atom is -0.225 e. The standard InChI is InChI=1S/C5H9NS/c1-5(2)4-6-7-3/h4H,1H2,2-3H3/b6-4-. The normalized spacial score (nSPS) is 10.0. The maximum atomic E-state index is 3.86. The van der Waals surface area contributed by atoms with E-state index < -0.39 is 0 Å². The first-order chi connectivity index (χ1) is 3.27. The molecule has 0 fully saturated rings. The molecule has 1 nitrogen and oxygen atoms in total. The Morgan fingerprint density at radius 1 is 1.86 bits per heavy atom. The molecular formula is C5H9NS. The fraction of sp³-hybridized carbons (Fsp3) is 0.400. The molecule has 0 aliphatic heterocycles. The van der Waals surface area contributed by atoms with E-state index in [9.17, 15) is 0 Å². The molecular weight excluding hydrogens is 106 g/mol. The summed E-state index contributed by atoms with van der Waals surface area (Å²) in [6, 6.07) is 0. The van der Waals surface area contributed by atoms with Crippen molar-refractivity contribution in [1.82, 2.24) is 0 Å². The lowest BCUT2D eigenvalue weighted by Crippen LogP contribution is -1.67. The van der Waals surface area contributed by atoms with Gasteiger partial charge in [0.15, 0.2) is 0 Å². The van der Waals surface area contributed by atoms with Gasteiger partial charge in [-0.05, 0) is 24.4 Å². The maximum Gasteiger partial charge on any atom is 0.0374 e. The van der Waals surface area contributed by atoms with Gasteiger partial charge in [0.05, 0.1) is 0 Å². The largest absolute Gasteiger partial charge is 0.225 e. The summed E-state index contributed by atoms with van der Waals surface area (Å²) in [4.78, 5) is 0. The highest BCUT2D eigenvalue weighted by molar-refractivity contribution is 7.97. The molecule has 0 saturated heterocycles. The molecule has 0 spiro atoms. The van der Waals surface area contributed by atoms with Gasteiger partial charge in [0.1, 0.15) is 0 Å². The lowest BCUT2D eigenvalue weighted by atomic mass is 10.4. The first-order valence-corrected chi connectivity index (χ1v) is 3.17. The predicted molar refractivity (Wildman–Crippen MR) is 36.8 cm³/mol. The highest BCUT2D eigenvalue weighted by Crippen LogP contribution is 1.91. The van der Waals surface area contributed by atoms with E-state index in [4.69, 9.17) is 0 Å². The van der Waals surface area contributed by atoms with Crippen LogP contribution in [0, 0.1) is 0 Å². The third-order valence-corrected chi connectivity index (χ3v) is 0.695. The highest BCUT2D eigenvalue weighted by atomic mass is 32.2. The number of allylic oxidation sites excluding steroid dienone is 1. The van der Waals surface area contributed by atoms with Crippen molar-refractivity contribution in [3.8, 4) is 0 Å². The Kier molecular flexibility index (Phi) is 3.80. The molecule has 40 valence electrons. The van der Waals surface area contributed by atoms with Crippen molar-refractivity contribution in [3.63, 3.8) is 0 Å². The molecule has 0 saturated carbocycles. The minimum absolute atomic E-state index is 0.995. The van der Waals surface area contributed by atoms with Crippen LogP contribution in [0.2, 0.25) is 0 Å². The Hall–Kier alpha value is -0.240. The highest BCUT2D eigenvalue weighted by Gasteiger charge is 1.69. The first-order valence-electron chi connectivity index (χ1n) is 1.99. The molecule has 0 amide bonds. The van der Waals surface area contributed by atoms with Gasteiger partial charge < -0.3 is 0 Å². The monoisotopic (exact) mass is 115 g/mol. The minimum atomic E-state index is 0.995. The van der Waals surface area contributed by atoms with E-state index in [0.717, 1.165) is 5.57 Å². The van der Waals surface area contributed by atoms with E-state index in [1.54, 1.807) is 6.21 Å². The van der Waals surface area contributed by atoms with E-state index in [2.05, 4.69) is 11.0 Å². The SMILES string of the molecule is C=C(C)/C=N\SC. The molecule has 0 unspecified atom stereocenters. The summed E-state index contributed by atoms with van der Waals surface area (Å²) in [7, 11) is 0. The van der Waals surface area contributed by atoms with Gasteiger partial charge in [-0.15, -0.1) is 0 Å². The Balaban J connectivity index is 3.26. The van der Waals surface area contributed by atoms with Crippen LogP contribution in [0.5, 0.6) is 0 Å². The summed E-state index contributed by atoms with van der Waals surface area (Å²) in [5, 5.41) is 0. The summed E-state index contributed by atoms with van der Waals surface area (Å²) >= 11 is 1.44. The van der Waals surface area contributed by atoms with E-state index in [1.807, 2.05) is 13.2 Å². The number of hydrogen-bond acceptors (Lipinski definition) is 2. The fourth-order valence-electron chi connectivity index (χ4n) is 0.143. The molecule has 0 aromatic heterocycles. The zero-order valence-corrected chi connectivity index (χ0v) is 5.46. The third kappa shape index (κ3) is 5.76. The Morgan fingerprint density at radius 3 is 2.57 bits per heavy atom. The van der Waals surface area contributed by atoms with Crippen molar-refractivity contribution < 1.29 is 0 Å². The Labute approximate surface area is 48.7 Å². The second-order valence-electron chi connectivity index (χ2n) is 1.26. The van der Waals surface area contributed by atoms with Gasteiger partial charge in [-0.2, -0.15) is 0 Å².